The van der Waals surface area contributed by atoms with Gasteiger partial charge in [-0.25, -0.2) is 4.98 Å². The molecule has 0 aliphatic heterocycles. The SMILES string of the molecule is Cc1nc(Cl)c(CN)cc1N. The summed E-state index contributed by atoms with van der Waals surface area (Å²) >= 11 is 5.75. The van der Waals surface area contributed by atoms with Gasteiger partial charge in [-0.2, -0.15) is 0 Å². The number of aromatic nitrogens is 1. The first-order valence-electron chi connectivity index (χ1n) is 3.26. The Hall–Kier alpha value is -0.800. The second-order valence-corrected chi connectivity index (χ2v) is 2.68. The van der Waals surface area contributed by atoms with E-state index < -0.39 is 0 Å². The summed E-state index contributed by atoms with van der Waals surface area (Å²) in [6.45, 7) is 2.18. The number of rotatable bonds is 1. The number of pyridine rings is 1. The Bertz CT molecular complexity index is 273. The number of nitrogens with zero attached hydrogens (tertiary/aromatic N) is 1. The maximum Gasteiger partial charge on any atom is 0.133 e. The minimum absolute atomic E-state index is 0.371. The van der Waals surface area contributed by atoms with Crippen LogP contribution in [0.5, 0.6) is 0 Å². The number of hydrogen-bond donors (Lipinski definition) is 2. The van der Waals surface area contributed by atoms with Crippen LogP contribution in [0.4, 0.5) is 5.69 Å². The largest absolute Gasteiger partial charge is 0.397 e. The van der Waals surface area contributed by atoms with Gasteiger partial charge in [0.2, 0.25) is 0 Å². The molecule has 1 heterocycles. The smallest absolute Gasteiger partial charge is 0.133 e. The fourth-order valence-electron chi connectivity index (χ4n) is 0.778. The highest BCUT2D eigenvalue weighted by atomic mass is 35.5. The zero-order valence-electron chi connectivity index (χ0n) is 6.26. The molecule has 4 N–H and O–H groups in total. The van der Waals surface area contributed by atoms with Crippen molar-refractivity contribution in [2.24, 2.45) is 5.73 Å². The number of anilines is 1. The van der Waals surface area contributed by atoms with Crippen molar-refractivity contribution in [3.63, 3.8) is 0 Å². The van der Waals surface area contributed by atoms with E-state index in [1.54, 1.807) is 6.07 Å². The second-order valence-electron chi connectivity index (χ2n) is 2.32. The Balaban J connectivity index is 3.21. The third kappa shape index (κ3) is 1.61. The molecule has 60 valence electrons. The molecule has 0 saturated heterocycles. The number of hydrogen-bond acceptors (Lipinski definition) is 3. The number of nitrogen functional groups attached to an aromatic ring is 1. The molecule has 0 radical (unpaired) electrons. The van der Waals surface area contributed by atoms with Crippen LogP contribution >= 0.6 is 11.6 Å². The highest BCUT2D eigenvalue weighted by molar-refractivity contribution is 6.30. The predicted molar refractivity (Wildman–Crippen MR) is 46.3 cm³/mol. The molecule has 1 aromatic rings. The molecular formula is C7H10ClN3. The quantitative estimate of drug-likeness (QED) is 0.622. The van der Waals surface area contributed by atoms with Crippen molar-refractivity contribution < 1.29 is 0 Å². The highest BCUT2D eigenvalue weighted by Crippen LogP contribution is 2.17. The first-order chi connectivity index (χ1) is 5.15. The van der Waals surface area contributed by atoms with Gasteiger partial charge in [-0.1, -0.05) is 11.6 Å². The van der Waals surface area contributed by atoms with Crippen LogP contribution in [0, 0.1) is 6.92 Å². The molecule has 0 amide bonds. The minimum Gasteiger partial charge on any atom is -0.397 e. The third-order valence-electron chi connectivity index (χ3n) is 1.50. The van der Waals surface area contributed by atoms with E-state index in [4.69, 9.17) is 23.1 Å². The first kappa shape index (κ1) is 8.30. The molecule has 0 aliphatic carbocycles. The monoisotopic (exact) mass is 171 g/mol. The molecule has 0 unspecified atom stereocenters. The van der Waals surface area contributed by atoms with E-state index in [-0.39, 0.29) is 0 Å². The lowest BCUT2D eigenvalue weighted by atomic mass is 10.2. The van der Waals surface area contributed by atoms with E-state index >= 15 is 0 Å². The van der Waals surface area contributed by atoms with Gasteiger partial charge in [-0.15, -0.1) is 0 Å². The van der Waals surface area contributed by atoms with Gasteiger partial charge in [0.15, 0.2) is 0 Å². The lowest BCUT2D eigenvalue weighted by Crippen LogP contribution is -2.02. The molecule has 4 heteroatoms. The average molecular weight is 172 g/mol. The van der Waals surface area contributed by atoms with Gasteiger partial charge in [0.1, 0.15) is 5.15 Å². The topological polar surface area (TPSA) is 64.9 Å². The van der Waals surface area contributed by atoms with Crippen molar-refractivity contribution in [1.29, 1.82) is 0 Å². The zero-order valence-corrected chi connectivity index (χ0v) is 7.02. The van der Waals surface area contributed by atoms with Crippen LogP contribution in [-0.4, -0.2) is 4.98 Å². The Labute approximate surface area is 70.4 Å². The number of halogens is 1. The molecule has 3 nitrogen and oxygen atoms in total. The molecular weight excluding hydrogens is 162 g/mol. The molecule has 0 aliphatic rings. The molecule has 1 rings (SSSR count). The van der Waals surface area contributed by atoms with Crippen molar-refractivity contribution in [3.8, 4) is 0 Å². The molecule has 0 spiro atoms. The summed E-state index contributed by atoms with van der Waals surface area (Å²) in [6.07, 6.45) is 0. The standard InChI is InChI=1S/C7H10ClN3/c1-4-6(10)2-5(3-9)7(8)11-4/h2H,3,9-10H2,1H3. The van der Waals surface area contributed by atoms with E-state index in [0.29, 0.717) is 17.4 Å². The number of aryl methyl sites for hydroxylation is 1. The summed E-state index contributed by atoms with van der Waals surface area (Å²) in [6, 6.07) is 1.75. The van der Waals surface area contributed by atoms with Gasteiger partial charge in [0.25, 0.3) is 0 Å². The van der Waals surface area contributed by atoms with Crippen LogP contribution in [0.25, 0.3) is 0 Å². The van der Waals surface area contributed by atoms with E-state index in [9.17, 15) is 0 Å². The van der Waals surface area contributed by atoms with Crippen molar-refractivity contribution in [2.45, 2.75) is 13.5 Å². The fourth-order valence-corrected chi connectivity index (χ4v) is 1.04. The highest BCUT2D eigenvalue weighted by Gasteiger charge is 2.02. The summed E-state index contributed by atoms with van der Waals surface area (Å²) in [5, 5.41) is 0.444. The van der Waals surface area contributed by atoms with Gasteiger partial charge < -0.3 is 11.5 Å². The van der Waals surface area contributed by atoms with Gasteiger partial charge >= 0.3 is 0 Å². The van der Waals surface area contributed by atoms with E-state index in [0.717, 1.165) is 11.3 Å². The Morgan fingerprint density at radius 2 is 2.27 bits per heavy atom. The Morgan fingerprint density at radius 1 is 1.64 bits per heavy atom. The summed E-state index contributed by atoms with van der Waals surface area (Å²) in [4.78, 5) is 4.00. The summed E-state index contributed by atoms with van der Waals surface area (Å²) in [5.41, 5.74) is 13.1. The summed E-state index contributed by atoms with van der Waals surface area (Å²) in [5.74, 6) is 0. The van der Waals surface area contributed by atoms with Crippen LogP contribution in [0.1, 0.15) is 11.3 Å². The predicted octanol–water partition coefficient (Wildman–Crippen LogP) is 1.08. The summed E-state index contributed by atoms with van der Waals surface area (Å²) < 4.78 is 0. The first-order valence-corrected chi connectivity index (χ1v) is 3.64. The molecule has 0 bridgehead atoms. The van der Waals surface area contributed by atoms with E-state index in [1.807, 2.05) is 6.92 Å². The van der Waals surface area contributed by atoms with Crippen molar-refractivity contribution in [3.05, 3.63) is 22.5 Å². The van der Waals surface area contributed by atoms with Gasteiger partial charge in [-0.05, 0) is 13.0 Å². The Kier molecular flexibility index (Phi) is 2.31. The second kappa shape index (κ2) is 3.07. The molecule has 1 aromatic heterocycles. The normalized spacial score (nSPS) is 10.1. The molecule has 0 saturated carbocycles. The molecule has 11 heavy (non-hydrogen) atoms. The van der Waals surface area contributed by atoms with Gasteiger partial charge in [0, 0.05) is 12.1 Å². The van der Waals surface area contributed by atoms with Crippen molar-refractivity contribution in [2.75, 3.05) is 5.73 Å². The van der Waals surface area contributed by atoms with Gasteiger partial charge in [-0.3, -0.25) is 0 Å². The minimum atomic E-state index is 0.371. The van der Waals surface area contributed by atoms with E-state index in [1.165, 1.54) is 0 Å². The molecule has 0 fully saturated rings. The van der Waals surface area contributed by atoms with Gasteiger partial charge in [0.05, 0.1) is 11.4 Å². The molecule has 0 aromatic carbocycles. The number of nitrogens with two attached hydrogens (primary N) is 2. The lowest BCUT2D eigenvalue weighted by Gasteiger charge is -2.03. The fraction of sp³-hybridized carbons (Fsp3) is 0.286. The van der Waals surface area contributed by atoms with Crippen LogP contribution < -0.4 is 11.5 Å². The van der Waals surface area contributed by atoms with Crippen LogP contribution in [0.2, 0.25) is 5.15 Å². The van der Waals surface area contributed by atoms with Crippen molar-refractivity contribution >= 4 is 17.3 Å². The van der Waals surface area contributed by atoms with E-state index in [2.05, 4.69) is 4.98 Å². The summed E-state index contributed by atoms with van der Waals surface area (Å²) in [7, 11) is 0. The van der Waals surface area contributed by atoms with Crippen LogP contribution in [0.15, 0.2) is 6.07 Å². The van der Waals surface area contributed by atoms with Crippen LogP contribution in [-0.2, 0) is 6.54 Å². The maximum atomic E-state index is 5.75. The Morgan fingerprint density at radius 3 is 2.82 bits per heavy atom. The average Bonchev–Trinajstić information content (AvgIpc) is 1.97. The van der Waals surface area contributed by atoms with Crippen LogP contribution in [0.3, 0.4) is 0 Å². The van der Waals surface area contributed by atoms with Crippen molar-refractivity contribution in [1.82, 2.24) is 4.98 Å². The third-order valence-corrected chi connectivity index (χ3v) is 1.83. The lowest BCUT2D eigenvalue weighted by molar-refractivity contribution is 1.04. The maximum absolute atomic E-state index is 5.75. The molecule has 0 atom stereocenters. The zero-order chi connectivity index (χ0) is 8.43.